The summed E-state index contributed by atoms with van der Waals surface area (Å²) in [5, 5.41) is 12.2. The van der Waals surface area contributed by atoms with Crippen LogP contribution in [0.3, 0.4) is 0 Å². The highest BCUT2D eigenvalue weighted by atomic mass is 19.1. The Bertz CT molecular complexity index is 959. The first-order valence-electron chi connectivity index (χ1n) is 9.75. The van der Waals surface area contributed by atoms with Crippen LogP contribution < -0.4 is 10.1 Å². The largest absolute Gasteiger partial charge is 0.488 e. The fraction of sp³-hybridized carbons (Fsp3) is 0.391. The van der Waals surface area contributed by atoms with Crippen LogP contribution in [0.5, 0.6) is 5.75 Å². The zero-order valence-corrected chi connectivity index (χ0v) is 18.0. The van der Waals surface area contributed by atoms with E-state index >= 15 is 0 Å². The minimum atomic E-state index is -0.503. The van der Waals surface area contributed by atoms with Crippen molar-refractivity contribution in [1.29, 1.82) is 5.26 Å². The average molecular weight is 413 g/mol. The molecule has 160 valence electrons. The van der Waals surface area contributed by atoms with E-state index in [2.05, 4.69) is 9.88 Å². The summed E-state index contributed by atoms with van der Waals surface area (Å²) >= 11 is 0. The minimum Gasteiger partial charge on any atom is -0.488 e. The molecule has 2 atom stereocenters. The van der Waals surface area contributed by atoms with Gasteiger partial charge >= 0.3 is 0 Å². The topological polar surface area (TPSA) is 76.3 Å². The third-order valence-corrected chi connectivity index (χ3v) is 4.74. The molecule has 1 aromatic carbocycles. The highest BCUT2D eigenvalue weighted by Gasteiger charge is 2.17. The number of amides is 1. The van der Waals surface area contributed by atoms with Crippen molar-refractivity contribution in [1.82, 2.24) is 9.88 Å². The zero-order chi connectivity index (χ0) is 22.3. The van der Waals surface area contributed by atoms with Crippen LogP contribution in [0.4, 0.5) is 4.39 Å². The second kappa shape index (κ2) is 10.6. The number of nitriles is 1. The lowest BCUT2D eigenvalue weighted by Gasteiger charge is -2.17. The Kier molecular flexibility index (Phi) is 8.19. The van der Waals surface area contributed by atoms with Crippen molar-refractivity contribution in [2.24, 2.45) is 0 Å². The molecular formula is C23H28FN3O3. The molecule has 0 aliphatic heterocycles. The maximum Gasteiger partial charge on any atom is 0.262 e. The van der Waals surface area contributed by atoms with Gasteiger partial charge in [-0.3, -0.25) is 4.79 Å². The average Bonchev–Trinajstić information content (AvgIpc) is 2.98. The fourth-order valence-corrected chi connectivity index (χ4v) is 3.37. The number of carbonyl (C=O) groups is 1. The van der Waals surface area contributed by atoms with Gasteiger partial charge in [-0.1, -0.05) is 12.1 Å². The monoisotopic (exact) mass is 413 g/mol. The highest BCUT2D eigenvalue weighted by Crippen LogP contribution is 2.23. The number of aryl methyl sites for hydroxylation is 1. The molecule has 1 N–H and O–H groups in total. The van der Waals surface area contributed by atoms with E-state index in [0.717, 1.165) is 17.0 Å². The van der Waals surface area contributed by atoms with Crippen molar-refractivity contribution in [3.63, 3.8) is 0 Å². The van der Waals surface area contributed by atoms with Gasteiger partial charge in [-0.05, 0) is 57.5 Å². The number of nitrogens with zero attached hydrogens (tertiary/aromatic N) is 2. The van der Waals surface area contributed by atoms with Gasteiger partial charge in [0.2, 0.25) is 0 Å². The van der Waals surface area contributed by atoms with Gasteiger partial charge in [0.05, 0.1) is 18.7 Å². The van der Waals surface area contributed by atoms with Crippen molar-refractivity contribution in [3.05, 3.63) is 58.7 Å². The minimum absolute atomic E-state index is 0.00705. The first-order valence-corrected chi connectivity index (χ1v) is 9.75. The lowest BCUT2D eigenvalue weighted by molar-refractivity contribution is -0.117. The first kappa shape index (κ1) is 23.2. The summed E-state index contributed by atoms with van der Waals surface area (Å²) in [7, 11) is 1.65. The molecule has 0 radical (unpaired) electrons. The van der Waals surface area contributed by atoms with Crippen LogP contribution in [-0.2, 0) is 9.53 Å². The van der Waals surface area contributed by atoms with Crippen molar-refractivity contribution in [2.75, 3.05) is 20.3 Å². The van der Waals surface area contributed by atoms with Crippen molar-refractivity contribution >= 4 is 12.0 Å². The maximum atomic E-state index is 13.6. The summed E-state index contributed by atoms with van der Waals surface area (Å²) in [6, 6.07) is 9.69. The van der Waals surface area contributed by atoms with Crippen LogP contribution in [-0.4, -0.2) is 36.8 Å². The van der Waals surface area contributed by atoms with E-state index in [1.54, 1.807) is 32.2 Å². The van der Waals surface area contributed by atoms with E-state index < -0.39 is 17.8 Å². The molecule has 1 aromatic heterocycles. The number of hydrogen-bond donors (Lipinski definition) is 1. The predicted octanol–water partition coefficient (Wildman–Crippen LogP) is 3.94. The molecule has 0 aliphatic carbocycles. The maximum absolute atomic E-state index is 13.6. The van der Waals surface area contributed by atoms with Gasteiger partial charge in [-0.15, -0.1) is 0 Å². The predicted molar refractivity (Wildman–Crippen MR) is 114 cm³/mol. The number of aromatic nitrogens is 1. The quantitative estimate of drug-likeness (QED) is 0.499. The van der Waals surface area contributed by atoms with Crippen LogP contribution in [0.1, 0.15) is 36.8 Å². The molecule has 0 aliphatic rings. The Morgan fingerprint density at radius 2 is 2.00 bits per heavy atom. The molecule has 6 nitrogen and oxygen atoms in total. The lowest BCUT2D eigenvalue weighted by Crippen LogP contribution is -2.37. The van der Waals surface area contributed by atoms with Crippen LogP contribution in [0.25, 0.3) is 6.08 Å². The number of nitrogens with one attached hydrogen (secondary N) is 1. The molecule has 1 heterocycles. The van der Waals surface area contributed by atoms with Gasteiger partial charge in [-0.25, -0.2) is 4.39 Å². The molecule has 1 amide bonds. The van der Waals surface area contributed by atoms with Crippen molar-refractivity contribution in [2.45, 2.75) is 39.8 Å². The van der Waals surface area contributed by atoms with E-state index in [0.29, 0.717) is 6.61 Å². The molecular weight excluding hydrogens is 385 g/mol. The summed E-state index contributed by atoms with van der Waals surface area (Å²) in [6.07, 6.45) is 1.58. The number of rotatable bonds is 9. The van der Waals surface area contributed by atoms with Crippen molar-refractivity contribution < 1.29 is 18.7 Å². The standard InChI is InChI=1S/C23H28FN3O3/c1-15(13-30-22-9-7-6-8-21(22)24)26-23(28)20(12-25)11-19-10-16(2)27(18(19)4)17(3)14-29-5/h6-11,15,17H,13-14H2,1-5H3,(H,26,28)/b20-11-. The molecule has 0 bridgehead atoms. The molecule has 0 spiro atoms. The summed E-state index contributed by atoms with van der Waals surface area (Å²) < 4.78 is 26.4. The zero-order valence-electron chi connectivity index (χ0n) is 18.0. The summed E-state index contributed by atoms with van der Waals surface area (Å²) in [5.41, 5.74) is 2.77. The van der Waals surface area contributed by atoms with E-state index in [-0.39, 0.29) is 24.0 Å². The van der Waals surface area contributed by atoms with Crippen LogP contribution in [0.2, 0.25) is 0 Å². The molecule has 0 saturated heterocycles. The van der Waals surface area contributed by atoms with Gasteiger partial charge in [0.1, 0.15) is 18.2 Å². The highest BCUT2D eigenvalue weighted by molar-refractivity contribution is 6.02. The van der Waals surface area contributed by atoms with Crippen LogP contribution in [0, 0.1) is 31.0 Å². The molecule has 7 heteroatoms. The Balaban J connectivity index is 2.09. The Morgan fingerprint density at radius 3 is 2.63 bits per heavy atom. The normalized spacial score (nSPS) is 13.4. The van der Waals surface area contributed by atoms with E-state index in [1.807, 2.05) is 32.9 Å². The summed E-state index contributed by atoms with van der Waals surface area (Å²) in [6.45, 7) is 8.34. The number of para-hydroxylation sites is 1. The second-order valence-corrected chi connectivity index (χ2v) is 7.29. The summed E-state index contributed by atoms with van der Waals surface area (Å²) in [5.74, 6) is -0.851. The molecule has 2 aromatic rings. The molecule has 30 heavy (non-hydrogen) atoms. The smallest absolute Gasteiger partial charge is 0.262 e. The number of ether oxygens (including phenoxy) is 2. The van der Waals surface area contributed by atoms with Gasteiger partial charge in [0.15, 0.2) is 11.6 Å². The Labute approximate surface area is 176 Å². The number of carbonyl (C=O) groups excluding carboxylic acids is 1. The number of benzene rings is 1. The van der Waals surface area contributed by atoms with Crippen LogP contribution in [0.15, 0.2) is 35.9 Å². The molecule has 0 fully saturated rings. The molecule has 2 unspecified atom stereocenters. The number of methoxy groups -OCH3 is 1. The lowest BCUT2D eigenvalue weighted by atomic mass is 10.1. The fourth-order valence-electron chi connectivity index (χ4n) is 3.37. The summed E-state index contributed by atoms with van der Waals surface area (Å²) in [4.78, 5) is 12.5. The third-order valence-electron chi connectivity index (χ3n) is 4.74. The van der Waals surface area contributed by atoms with Crippen LogP contribution >= 0.6 is 0 Å². The number of hydrogen-bond acceptors (Lipinski definition) is 4. The molecule has 2 rings (SSSR count). The first-order chi connectivity index (χ1) is 14.3. The Hall–Kier alpha value is -3.11. The van der Waals surface area contributed by atoms with Gasteiger partial charge in [-0.2, -0.15) is 5.26 Å². The van der Waals surface area contributed by atoms with Gasteiger partial charge < -0.3 is 19.4 Å². The second-order valence-electron chi connectivity index (χ2n) is 7.29. The van der Waals surface area contributed by atoms with Gasteiger partial charge in [0.25, 0.3) is 5.91 Å². The van der Waals surface area contributed by atoms with E-state index in [9.17, 15) is 14.4 Å². The van der Waals surface area contributed by atoms with Gasteiger partial charge in [0, 0.05) is 18.5 Å². The van der Waals surface area contributed by atoms with E-state index in [4.69, 9.17) is 9.47 Å². The Morgan fingerprint density at radius 1 is 1.30 bits per heavy atom. The SMILES string of the molecule is COCC(C)n1c(C)cc(/C=C(/C#N)C(=O)NC(C)COc2ccccc2F)c1C. The number of halogens is 1. The van der Waals surface area contributed by atoms with E-state index in [1.165, 1.54) is 12.1 Å². The molecule has 0 saturated carbocycles. The third kappa shape index (κ3) is 5.71. The van der Waals surface area contributed by atoms with Crippen molar-refractivity contribution in [3.8, 4) is 11.8 Å².